The molecule has 0 radical (unpaired) electrons. The maximum atomic E-state index is 12.4. The second-order valence-corrected chi connectivity index (χ2v) is 6.67. The highest BCUT2D eigenvalue weighted by molar-refractivity contribution is 7.89. The summed E-state index contributed by atoms with van der Waals surface area (Å²) in [4.78, 5) is 14.7. The predicted octanol–water partition coefficient (Wildman–Crippen LogP) is 0.294. The molecule has 1 aliphatic rings. The molecule has 0 aliphatic carbocycles. The molecule has 2 atom stereocenters. The van der Waals surface area contributed by atoms with Gasteiger partial charge < -0.3 is 5.11 Å². The minimum Gasteiger partial charge on any atom is -0.481 e. The molecule has 1 aromatic rings. The van der Waals surface area contributed by atoms with Crippen molar-refractivity contribution in [3.05, 3.63) is 24.0 Å². The predicted molar refractivity (Wildman–Crippen MR) is 68.0 cm³/mol. The Morgan fingerprint density at radius 1 is 1.50 bits per heavy atom. The summed E-state index contributed by atoms with van der Waals surface area (Å²) in [7, 11) is -3.76. The normalized spacial score (nSPS) is 23.4. The zero-order valence-corrected chi connectivity index (χ0v) is 11.5. The van der Waals surface area contributed by atoms with Crippen LogP contribution in [0.3, 0.4) is 0 Å². The summed E-state index contributed by atoms with van der Waals surface area (Å²) >= 11 is 0. The maximum absolute atomic E-state index is 12.4. The van der Waals surface area contributed by atoms with Crippen LogP contribution in [0, 0.1) is 23.2 Å². The number of hydrogen-bond acceptors (Lipinski definition) is 5. The minimum absolute atomic E-state index is 0.0326. The molecule has 1 fully saturated rings. The summed E-state index contributed by atoms with van der Waals surface area (Å²) < 4.78 is 25.9. The summed E-state index contributed by atoms with van der Waals surface area (Å²) in [6.45, 7) is 1.84. The van der Waals surface area contributed by atoms with Crippen LogP contribution in [0.25, 0.3) is 0 Å². The van der Waals surface area contributed by atoms with E-state index in [2.05, 4.69) is 4.98 Å². The van der Waals surface area contributed by atoms with Gasteiger partial charge in [-0.15, -0.1) is 0 Å². The number of pyridine rings is 1. The summed E-state index contributed by atoms with van der Waals surface area (Å²) in [6.07, 6.45) is 1.12. The zero-order valence-electron chi connectivity index (χ0n) is 10.7. The lowest BCUT2D eigenvalue weighted by Gasteiger charge is -2.15. The number of carbonyl (C=O) groups is 1. The number of rotatable bonds is 3. The quantitative estimate of drug-likeness (QED) is 0.858. The summed E-state index contributed by atoms with van der Waals surface area (Å²) in [6, 6.07) is 4.43. The fraction of sp³-hybridized carbons (Fsp3) is 0.417. The molecule has 0 saturated carbocycles. The lowest BCUT2D eigenvalue weighted by atomic mass is 9.99. The Bertz CT molecular complexity index is 663. The molecular formula is C12H13N3O4S. The Balaban J connectivity index is 2.27. The Kier molecular flexibility index (Phi) is 3.74. The van der Waals surface area contributed by atoms with E-state index >= 15 is 0 Å². The lowest BCUT2D eigenvalue weighted by molar-refractivity contribution is -0.142. The number of nitriles is 1. The van der Waals surface area contributed by atoms with Gasteiger partial charge in [-0.2, -0.15) is 9.57 Å². The highest BCUT2D eigenvalue weighted by atomic mass is 32.2. The van der Waals surface area contributed by atoms with Crippen LogP contribution in [0.5, 0.6) is 0 Å². The number of sulfonamides is 1. The van der Waals surface area contributed by atoms with Gasteiger partial charge in [-0.3, -0.25) is 4.79 Å². The Morgan fingerprint density at radius 2 is 2.20 bits per heavy atom. The molecule has 7 nitrogen and oxygen atoms in total. The van der Waals surface area contributed by atoms with Gasteiger partial charge in [0.05, 0.1) is 5.92 Å². The number of aromatic nitrogens is 1. The monoisotopic (exact) mass is 295 g/mol. The van der Waals surface area contributed by atoms with Crippen molar-refractivity contribution in [3.63, 3.8) is 0 Å². The molecule has 0 amide bonds. The van der Waals surface area contributed by atoms with E-state index in [-0.39, 0.29) is 29.6 Å². The van der Waals surface area contributed by atoms with E-state index in [0.717, 1.165) is 10.5 Å². The Labute approximate surface area is 116 Å². The largest absolute Gasteiger partial charge is 0.481 e. The topological polar surface area (TPSA) is 111 Å². The van der Waals surface area contributed by atoms with Gasteiger partial charge in [-0.1, -0.05) is 6.92 Å². The highest BCUT2D eigenvalue weighted by Crippen LogP contribution is 2.28. The fourth-order valence-electron chi connectivity index (χ4n) is 2.19. The first kappa shape index (κ1) is 14.4. The van der Waals surface area contributed by atoms with Crippen LogP contribution in [0.2, 0.25) is 0 Å². The van der Waals surface area contributed by atoms with Crippen LogP contribution in [-0.4, -0.2) is 41.9 Å². The molecule has 0 aromatic carbocycles. The zero-order chi connectivity index (χ0) is 14.9. The number of carboxylic acids is 1. The second kappa shape index (κ2) is 5.19. The average Bonchev–Trinajstić information content (AvgIpc) is 2.82. The molecular weight excluding hydrogens is 282 g/mol. The van der Waals surface area contributed by atoms with Gasteiger partial charge in [0.15, 0.2) is 0 Å². The van der Waals surface area contributed by atoms with Crippen molar-refractivity contribution in [2.75, 3.05) is 13.1 Å². The van der Waals surface area contributed by atoms with Gasteiger partial charge in [-0.25, -0.2) is 13.4 Å². The third-order valence-corrected chi connectivity index (χ3v) is 5.20. The molecule has 2 heterocycles. The second-order valence-electron chi connectivity index (χ2n) is 4.73. The van der Waals surface area contributed by atoms with Crippen LogP contribution in [0.4, 0.5) is 0 Å². The minimum atomic E-state index is -3.76. The molecule has 1 N–H and O–H groups in total. The van der Waals surface area contributed by atoms with Crippen molar-refractivity contribution in [2.45, 2.75) is 11.8 Å². The highest BCUT2D eigenvalue weighted by Gasteiger charge is 2.40. The molecule has 1 aliphatic heterocycles. The third-order valence-electron chi connectivity index (χ3n) is 3.38. The molecule has 2 unspecified atom stereocenters. The number of nitrogens with zero attached hydrogens (tertiary/aromatic N) is 3. The van der Waals surface area contributed by atoms with Gasteiger partial charge in [0, 0.05) is 19.3 Å². The number of aliphatic carboxylic acids is 1. The first-order valence-electron chi connectivity index (χ1n) is 5.95. The smallest absolute Gasteiger partial charge is 0.308 e. The molecule has 106 valence electrons. The third kappa shape index (κ3) is 2.50. The first-order valence-corrected chi connectivity index (χ1v) is 7.39. The van der Waals surface area contributed by atoms with Crippen LogP contribution in [-0.2, 0) is 14.8 Å². The molecule has 8 heteroatoms. The van der Waals surface area contributed by atoms with Crippen molar-refractivity contribution < 1.29 is 18.3 Å². The lowest BCUT2D eigenvalue weighted by Crippen LogP contribution is -2.30. The van der Waals surface area contributed by atoms with Crippen molar-refractivity contribution in [2.24, 2.45) is 11.8 Å². The van der Waals surface area contributed by atoms with Crippen molar-refractivity contribution in [1.82, 2.24) is 9.29 Å². The van der Waals surface area contributed by atoms with Crippen molar-refractivity contribution in [3.8, 4) is 6.07 Å². The average molecular weight is 295 g/mol. The van der Waals surface area contributed by atoms with Gasteiger partial charge in [0.1, 0.15) is 16.7 Å². The number of hydrogen-bond donors (Lipinski definition) is 1. The van der Waals surface area contributed by atoms with Gasteiger partial charge in [0.2, 0.25) is 10.0 Å². The molecule has 0 spiro atoms. The van der Waals surface area contributed by atoms with Crippen LogP contribution in [0.1, 0.15) is 12.6 Å². The van der Waals surface area contributed by atoms with E-state index in [0.29, 0.717) is 0 Å². The van der Waals surface area contributed by atoms with Gasteiger partial charge in [0.25, 0.3) is 0 Å². The Morgan fingerprint density at radius 3 is 2.65 bits per heavy atom. The van der Waals surface area contributed by atoms with Gasteiger partial charge >= 0.3 is 5.97 Å². The van der Waals surface area contributed by atoms with E-state index in [4.69, 9.17) is 10.4 Å². The summed E-state index contributed by atoms with van der Waals surface area (Å²) in [5.41, 5.74) is 0.127. The molecule has 20 heavy (non-hydrogen) atoms. The molecule has 1 saturated heterocycles. The standard InChI is InChI=1S/C12H13N3O4S/c1-8-6-15(7-11(8)12(16)17)20(18,19)10-3-2-9(4-13)14-5-10/h2-3,5,8,11H,6-7H2,1H3,(H,16,17). The van der Waals surface area contributed by atoms with Crippen molar-refractivity contribution >= 4 is 16.0 Å². The van der Waals surface area contributed by atoms with Gasteiger partial charge in [-0.05, 0) is 18.1 Å². The molecule has 0 bridgehead atoms. The fourth-order valence-corrected chi connectivity index (χ4v) is 3.70. The van der Waals surface area contributed by atoms with E-state index in [1.807, 2.05) is 0 Å². The summed E-state index contributed by atoms with van der Waals surface area (Å²) in [5.74, 6) is -1.93. The van der Waals surface area contributed by atoms with E-state index in [1.54, 1.807) is 13.0 Å². The van der Waals surface area contributed by atoms with Crippen LogP contribution in [0.15, 0.2) is 23.2 Å². The SMILES string of the molecule is CC1CN(S(=O)(=O)c2ccc(C#N)nc2)CC1C(=O)O. The Hall–Kier alpha value is -1.98. The van der Waals surface area contributed by atoms with E-state index < -0.39 is 21.9 Å². The number of carboxylic acid groups (broad SMARTS) is 1. The maximum Gasteiger partial charge on any atom is 0.308 e. The van der Waals surface area contributed by atoms with E-state index in [1.165, 1.54) is 12.1 Å². The molecule has 1 aromatic heterocycles. The van der Waals surface area contributed by atoms with E-state index in [9.17, 15) is 13.2 Å². The molecule has 2 rings (SSSR count). The van der Waals surface area contributed by atoms with Crippen LogP contribution >= 0.6 is 0 Å². The van der Waals surface area contributed by atoms with Crippen molar-refractivity contribution in [1.29, 1.82) is 5.26 Å². The summed E-state index contributed by atoms with van der Waals surface area (Å²) in [5, 5.41) is 17.7. The van der Waals surface area contributed by atoms with Crippen LogP contribution < -0.4 is 0 Å². The first-order chi connectivity index (χ1) is 9.36.